The van der Waals surface area contributed by atoms with Gasteiger partial charge in [0.25, 0.3) is 0 Å². The van der Waals surface area contributed by atoms with Gasteiger partial charge in [-0.2, -0.15) is 0 Å². The molecule has 1 N–H and O–H groups in total. The van der Waals surface area contributed by atoms with Crippen molar-refractivity contribution in [1.82, 2.24) is 9.55 Å². The van der Waals surface area contributed by atoms with Crippen molar-refractivity contribution in [3.05, 3.63) is 30.6 Å². The number of nitrogens with zero attached hydrogens (tertiary/aromatic N) is 2. The molecule has 0 fully saturated rings. The Morgan fingerprint density at radius 1 is 1.32 bits per heavy atom. The van der Waals surface area contributed by atoms with Gasteiger partial charge in [0.05, 0.1) is 18.3 Å². The van der Waals surface area contributed by atoms with Crippen molar-refractivity contribution in [3.63, 3.8) is 0 Å². The molecule has 2 aromatic rings. The average molecular weight is 323 g/mol. The maximum absolute atomic E-state index is 12.8. The van der Waals surface area contributed by atoms with Gasteiger partial charge in [-0.25, -0.2) is 13.4 Å². The first-order valence-electron chi connectivity index (χ1n) is 6.69. The third-order valence-corrected chi connectivity index (χ3v) is 4.90. The maximum atomic E-state index is 12.8. The van der Waals surface area contributed by atoms with Crippen LogP contribution in [0.1, 0.15) is 13.3 Å². The molecule has 0 aliphatic rings. The second-order valence-corrected chi connectivity index (χ2v) is 6.40. The van der Waals surface area contributed by atoms with Crippen LogP contribution in [0.2, 0.25) is 0 Å². The predicted molar refractivity (Wildman–Crippen MR) is 80.7 cm³/mol. The SMILES string of the molecule is CCCn1cnc(NC=O)c1S(=O)(=O)c1ccc(OC)cc1. The third kappa shape index (κ3) is 2.96. The summed E-state index contributed by atoms with van der Waals surface area (Å²) in [4.78, 5) is 14.7. The van der Waals surface area contributed by atoms with Crippen LogP contribution in [0.3, 0.4) is 0 Å². The zero-order chi connectivity index (χ0) is 16.2. The van der Waals surface area contributed by atoms with Gasteiger partial charge in [0, 0.05) is 6.54 Å². The number of methoxy groups -OCH3 is 1. The van der Waals surface area contributed by atoms with E-state index in [0.29, 0.717) is 18.7 Å². The molecular formula is C14H17N3O4S. The topological polar surface area (TPSA) is 90.3 Å². The molecule has 7 nitrogen and oxygen atoms in total. The first-order valence-corrected chi connectivity index (χ1v) is 8.17. The number of aryl methyl sites for hydroxylation is 1. The molecule has 0 spiro atoms. The second kappa shape index (κ2) is 6.61. The molecule has 0 saturated carbocycles. The molecule has 0 bridgehead atoms. The summed E-state index contributed by atoms with van der Waals surface area (Å²) < 4.78 is 32.2. The fraction of sp³-hybridized carbons (Fsp3) is 0.286. The maximum Gasteiger partial charge on any atom is 0.225 e. The Bertz CT molecular complexity index is 751. The van der Waals surface area contributed by atoms with E-state index in [-0.39, 0.29) is 15.7 Å². The van der Waals surface area contributed by atoms with Gasteiger partial charge in [0.1, 0.15) is 5.75 Å². The molecule has 0 saturated heterocycles. The van der Waals surface area contributed by atoms with Crippen LogP contribution in [0, 0.1) is 0 Å². The highest BCUT2D eigenvalue weighted by atomic mass is 32.2. The Morgan fingerprint density at radius 3 is 2.55 bits per heavy atom. The standard InChI is InChI=1S/C14H17N3O4S/c1-3-8-17-9-15-13(16-10-18)14(17)22(19,20)12-6-4-11(21-2)5-7-12/h4-7,9-10H,3,8H2,1-2H3,(H,16,18). The number of carbonyl (C=O) groups is 1. The first kappa shape index (κ1) is 16.0. The molecule has 1 aromatic carbocycles. The van der Waals surface area contributed by atoms with E-state index in [0.717, 1.165) is 6.42 Å². The number of carbonyl (C=O) groups excluding carboxylic acids is 1. The van der Waals surface area contributed by atoms with Crippen molar-refractivity contribution < 1.29 is 17.9 Å². The van der Waals surface area contributed by atoms with Crippen LogP contribution in [0.25, 0.3) is 0 Å². The van der Waals surface area contributed by atoms with Crippen LogP contribution in [-0.4, -0.2) is 31.5 Å². The van der Waals surface area contributed by atoms with E-state index in [1.54, 1.807) is 12.1 Å². The number of anilines is 1. The molecule has 118 valence electrons. The average Bonchev–Trinajstić information content (AvgIpc) is 2.91. The number of rotatable bonds is 7. The number of hydrogen-bond donors (Lipinski definition) is 1. The number of sulfone groups is 1. The van der Waals surface area contributed by atoms with Crippen LogP contribution in [0.4, 0.5) is 5.82 Å². The number of amides is 1. The number of ether oxygens (including phenoxy) is 1. The van der Waals surface area contributed by atoms with Gasteiger partial charge < -0.3 is 14.6 Å². The number of aromatic nitrogens is 2. The molecule has 0 aliphatic carbocycles. The van der Waals surface area contributed by atoms with Gasteiger partial charge in [-0.15, -0.1) is 0 Å². The summed E-state index contributed by atoms with van der Waals surface area (Å²) in [6.45, 7) is 2.41. The van der Waals surface area contributed by atoms with E-state index in [4.69, 9.17) is 4.74 Å². The summed E-state index contributed by atoms with van der Waals surface area (Å²) in [6.07, 6.45) is 2.55. The van der Waals surface area contributed by atoms with Crippen molar-refractivity contribution in [2.45, 2.75) is 29.8 Å². The van der Waals surface area contributed by atoms with E-state index in [9.17, 15) is 13.2 Å². The van der Waals surface area contributed by atoms with Gasteiger partial charge in [0.15, 0.2) is 10.8 Å². The second-order valence-electron chi connectivity index (χ2n) is 4.53. The highest BCUT2D eigenvalue weighted by molar-refractivity contribution is 7.91. The lowest BCUT2D eigenvalue weighted by molar-refractivity contribution is -0.105. The third-order valence-electron chi connectivity index (χ3n) is 3.07. The summed E-state index contributed by atoms with van der Waals surface area (Å²) in [5.41, 5.74) is 0. The van der Waals surface area contributed by atoms with Crippen LogP contribution in [0.5, 0.6) is 5.75 Å². The Morgan fingerprint density at radius 2 is 2.00 bits per heavy atom. The lowest BCUT2D eigenvalue weighted by Gasteiger charge is -2.10. The monoisotopic (exact) mass is 323 g/mol. The minimum absolute atomic E-state index is 0.0217. The lowest BCUT2D eigenvalue weighted by Crippen LogP contribution is -2.12. The Balaban J connectivity index is 2.55. The summed E-state index contributed by atoms with van der Waals surface area (Å²) >= 11 is 0. The molecule has 0 radical (unpaired) electrons. The fourth-order valence-corrected chi connectivity index (χ4v) is 3.61. The zero-order valence-electron chi connectivity index (χ0n) is 12.3. The van der Waals surface area contributed by atoms with E-state index < -0.39 is 9.84 Å². The van der Waals surface area contributed by atoms with Crippen LogP contribution < -0.4 is 10.1 Å². The van der Waals surface area contributed by atoms with Crippen molar-refractivity contribution in [3.8, 4) is 5.75 Å². The summed E-state index contributed by atoms with van der Waals surface area (Å²) in [7, 11) is -2.30. The molecule has 0 unspecified atom stereocenters. The van der Waals surface area contributed by atoms with Gasteiger partial charge >= 0.3 is 0 Å². The first-order chi connectivity index (χ1) is 10.5. The van der Waals surface area contributed by atoms with Crippen LogP contribution in [0.15, 0.2) is 40.5 Å². The van der Waals surface area contributed by atoms with E-state index >= 15 is 0 Å². The van der Waals surface area contributed by atoms with Crippen LogP contribution in [-0.2, 0) is 21.2 Å². The number of benzene rings is 1. The molecule has 0 aliphatic heterocycles. The fourth-order valence-electron chi connectivity index (χ4n) is 2.07. The van der Waals surface area contributed by atoms with Crippen molar-refractivity contribution in [2.75, 3.05) is 12.4 Å². The minimum Gasteiger partial charge on any atom is -0.497 e. The van der Waals surface area contributed by atoms with Gasteiger partial charge in [-0.3, -0.25) is 4.79 Å². The summed E-state index contributed by atoms with van der Waals surface area (Å²) in [6, 6.07) is 6.06. The normalized spacial score (nSPS) is 11.2. The minimum atomic E-state index is -3.80. The van der Waals surface area contributed by atoms with Gasteiger partial charge in [-0.05, 0) is 30.7 Å². The number of hydrogen-bond acceptors (Lipinski definition) is 5. The highest BCUT2D eigenvalue weighted by Crippen LogP contribution is 2.28. The number of imidazole rings is 1. The smallest absolute Gasteiger partial charge is 0.225 e. The van der Waals surface area contributed by atoms with Gasteiger partial charge in [-0.1, -0.05) is 6.92 Å². The molecule has 2 rings (SSSR count). The molecule has 1 heterocycles. The quantitative estimate of drug-likeness (QED) is 0.783. The molecular weight excluding hydrogens is 306 g/mol. The van der Waals surface area contributed by atoms with Crippen molar-refractivity contribution >= 4 is 22.1 Å². The van der Waals surface area contributed by atoms with E-state index in [2.05, 4.69) is 10.3 Å². The summed E-state index contributed by atoms with van der Waals surface area (Å²) in [5.74, 6) is 0.589. The Kier molecular flexibility index (Phi) is 4.81. The van der Waals surface area contributed by atoms with E-state index in [1.165, 1.54) is 30.1 Å². The highest BCUT2D eigenvalue weighted by Gasteiger charge is 2.27. The summed E-state index contributed by atoms with van der Waals surface area (Å²) in [5, 5.41) is 2.32. The lowest BCUT2D eigenvalue weighted by atomic mass is 10.3. The van der Waals surface area contributed by atoms with Crippen LogP contribution >= 0.6 is 0 Å². The van der Waals surface area contributed by atoms with E-state index in [1.807, 2.05) is 6.92 Å². The van der Waals surface area contributed by atoms with Crippen molar-refractivity contribution in [2.24, 2.45) is 0 Å². The Hall–Kier alpha value is -2.35. The van der Waals surface area contributed by atoms with Gasteiger partial charge in [0.2, 0.25) is 16.2 Å². The largest absolute Gasteiger partial charge is 0.497 e. The van der Waals surface area contributed by atoms with Crippen molar-refractivity contribution in [1.29, 1.82) is 0 Å². The molecule has 1 amide bonds. The number of nitrogens with one attached hydrogen (secondary N) is 1. The zero-order valence-corrected chi connectivity index (χ0v) is 13.1. The predicted octanol–water partition coefficient (Wildman–Crippen LogP) is 1.70. The Labute approximate surface area is 128 Å². The molecule has 0 atom stereocenters. The molecule has 8 heteroatoms. The molecule has 1 aromatic heterocycles. The molecule has 22 heavy (non-hydrogen) atoms.